The third-order valence-corrected chi connectivity index (χ3v) is 3.39. The van der Waals surface area contributed by atoms with Gasteiger partial charge in [0.1, 0.15) is 0 Å². The standard InChI is InChI=1S/C16H22N4O/c1-11-5-6-14(15(17)9-11)16(21)18-7-4-8-20-13(3)10-12(2)19-20/h5-6,9-10H,4,7-8,17H2,1-3H3,(H,18,21). The summed E-state index contributed by atoms with van der Waals surface area (Å²) in [4.78, 5) is 12.0. The molecular formula is C16H22N4O. The first kappa shape index (κ1) is 15.1. The van der Waals surface area contributed by atoms with Crippen LogP contribution in [0.5, 0.6) is 0 Å². The van der Waals surface area contributed by atoms with Crippen LogP contribution in [0, 0.1) is 20.8 Å². The summed E-state index contributed by atoms with van der Waals surface area (Å²) in [6.07, 6.45) is 0.833. The molecule has 0 saturated carbocycles. The molecule has 3 N–H and O–H groups in total. The summed E-state index contributed by atoms with van der Waals surface area (Å²) in [5.74, 6) is -0.124. The molecule has 0 unspecified atom stereocenters. The maximum Gasteiger partial charge on any atom is 0.253 e. The van der Waals surface area contributed by atoms with Gasteiger partial charge in [-0.15, -0.1) is 0 Å². The van der Waals surface area contributed by atoms with Crippen LogP contribution in [0.4, 0.5) is 5.69 Å². The van der Waals surface area contributed by atoms with Gasteiger partial charge in [0, 0.05) is 24.5 Å². The van der Waals surface area contributed by atoms with Crippen molar-refractivity contribution >= 4 is 11.6 Å². The highest BCUT2D eigenvalue weighted by Crippen LogP contribution is 2.13. The third kappa shape index (κ3) is 3.84. The first-order chi connectivity index (χ1) is 9.97. The summed E-state index contributed by atoms with van der Waals surface area (Å²) >= 11 is 0. The number of nitrogen functional groups attached to an aromatic ring is 1. The molecule has 0 aliphatic carbocycles. The van der Waals surface area contributed by atoms with E-state index in [1.165, 1.54) is 0 Å². The zero-order valence-corrected chi connectivity index (χ0v) is 12.8. The minimum Gasteiger partial charge on any atom is -0.398 e. The van der Waals surface area contributed by atoms with E-state index >= 15 is 0 Å². The topological polar surface area (TPSA) is 72.9 Å². The molecule has 0 spiro atoms. The van der Waals surface area contributed by atoms with E-state index in [4.69, 9.17) is 5.73 Å². The van der Waals surface area contributed by atoms with Gasteiger partial charge in [-0.2, -0.15) is 5.10 Å². The van der Waals surface area contributed by atoms with Gasteiger partial charge < -0.3 is 11.1 Å². The number of amides is 1. The van der Waals surface area contributed by atoms with Crippen molar-refractivity contribution < 1.29 is 4.79 Å². The zero-order valence-electron chi connectivity index (χ0n) is 12.8. The lowest BCUT2D eigenvalue weighted by Gasteiger charge is -2.09. The average molecular weight is 286 g/mol. The highest BCUT2D eigenvalue weighted by atomic mass is 16.1. The quantitative estimate of drug-likeness (QED) is 0.654. The molecule has 0 aliphatic rings. The number of carbonyl (C=O) groups excluding carboxylic acids is 1. The number of rotatable bonds is 5. The minimum absolute atomic E-state index is 0.124. The first-order valence-electron chi connectivity index (χ1n) is 7.13. The van der Waals surface area contributed by atoms with Crippen LogP contribution in [0.2, 0.25) is 0 Å². The summed E-state index contributed by atoms with van der Waals surface area (Å²) in [6.45, 7) is 7.36. The second-order valence-corrected chi connectivity index (χ2v) is 5.35. The smallest absolute Gasteiger partial charge is 0.253 e. The van der Waals surface area contributed by atoms with E-state index in [0.29, 0.717) is 17.8 Å². The Balaban J connectivity index is 1.83. The number of aromatic nitrogens is 2. The fraction of sp³-hybridized carbons (Fsp3) is 0.375. The molecule has 1 aromatic carbocycles. The minimum atomic E-state index is -0.124. The normalized spacial score (nSPS) is 10.6. The van der Waals surface area contributed by atoms with Crippen molar-refractivity contribution in [3.63, 3.8) is 0 Å². The van der Waals surface area contributed by atoms with Crippen LogP contribution in [0.15, 0.2) is 24.3 Å². The van der Waals surface area contributed by atoms with Crippen LogP contribution in [0.25, 0.3) is 0 Å². The predicted molar refractivity (Wildman–Crippen MR) is 84.2 cm³/mol. The number of hydrogen-bond acceptors (Lipinski definition) is 3. The molecule has 0 fully saturated rings. The maximum atomic E-state index is 12.0. The molecule has 0 saturated heterocycles. The molecule has 0 radical (unpaired) electrons. The van der Waals surface area contributed by atoms with Crippen LogP contribution in [-0.4, -0.2) is 22.2 Å². The highest BCUT2D eigenvalue weighted by Gasteiger charge is 2.09. The molecule has 2 aromatic rings. The highest BCUT2D eigenvalue weighted by molar-refractivity contribution is 5.99. The Bertz CT molecular complexity index is 646. The summed E-state index contributed by atoms with van der Waals surface area (Å²) < 4.78 is 1.96. The van der Waals surface area contributed by atoms with E-state index in [9.17, 15) is 4.79 Å². The second-order valence-electron chi connectivity index (χ2n) is 5.35. The van der Waals surface area contributed by atoms with Gasteiger partial charge in [0.15, 0.2) is 0 Å². The molecule has 0 bridgehead atoms. The van der Waals surface area contributed by atoms with Crippen molar-refractivity contribution in [2.45, 2.75) is 33.7 Å². The lowest BCUT2D eigenvalue weighted by molar-refractivity contribution is 0.0953. The molecule has 0 atom stereocenters. The van der Waals surface area contributed by atoms with E-state index < -0.39 is 0 Å². The number of carbonyl (C=O) groups is 1. The summed E-state index contributed by atoms with van der Waals surface area (Å²) in [6, 6.07) is 7.51. The van der Waals surface area contributed by atoms with Crippen molar-refractivity contribution in [2.75, 3.05) is 12.3 Å². The van der Waals surface area contributed by atoms with E-state index in [1.54, 1.807) is 6.07 Å². The van der Waals surface area contributed by atoms with Crippen LogP contribution < -0.4 is 11.1 Å². The van der Waals surface area contributed by atoms with Gasteiger partial charge in [-0.05, 0) is 51.0 Å². The predicted octanol–water partition coefficient (Wildman–Crippen LogP) is 2.21. The second kappa shape index (κ2) is 6.43. The van der Waals surface area contributed by atoms with E-state index in [1.807, 2.05) is 43.7 Å². The summed E-state index contributed by atoms with van der Waals surface area (Å²) in [5, 5.41) is 7.29. The molecule has 2 rings (SSSR count). The van der Waals surface area contributed by atoms with E-state index in [0.717, 1.165) is 29.9 Å². The number of aryl methyl sites for hydroxylation is 4. The molecular weight excluding hydrogens is 264 g/mol. The van der Waals surface area contributed by atoms with Crippen LogP contribution in [-0.2, 0) is 6.54 Å². The van der Waals surface area contributed by atoms with Crippen molar-refractivity contribution in [3.8, 4) is 0 Å². The number of nitrogens with two attached hydrogens (primary N) is 1. The lowest BCUT2D eigenvalue weighted by Crippen LogP contribution is -2.26. The van der Waals surface area contributed by atoms with Gasteiger partial charge >= 0.3 is 0 Å². The van der Waals surface area contributed by atoms with Gasteiger partial charge in [-0.25, -0.2) is 0 Å². The van der Waals surface area contributed by atoms with E-state index in [-0.39, 0.29) is 5.91 Å². The van der Waals surface area contributed by atoms with Crippen molar-refractivity contribution in [2.24, 2.45) is 0 Å². The molecule has 5 nitrogen and oxygen atoms in total. The van der Waals surface area contributed by atoms with Crippen LogP contribution >= 0.6 is 0 Å². The Kier molecular flexibility index (Phi) is 4.62. The number of hydrogen-bond donors (Lipinski definition) is 2. The Morgan fingerprint density at radius 2 is 2.05 bits per heavy atom. The Labute approximate surface area is 125 Å². The van der Waals surface area contributed by atoms with Crippen molar-refractivity contribution in [1.29, 1.82) is 0 Å². The van der Waals surface area contributed by atoms with Gasteiger partial charge in [0.25, 0.3) is 5.91 Å². The van der Waals surface area contributed by atoms with Crippen LogP contribution in [0.3, 0.4) is 0 Å². The van der Waals surface area contributed by atoms with Gasteiger partial charge in [0.05, 0.1) is 11.3 Å². The SMILES string of the molecule is Cc1ccc(C(=O)NCCCn2nc(C)cc2C)c(N)c1. The number of anilines is 1. The molecule has 112 valence electrons. The molecule has 1 aromatic heterocycles. The fourth-order valence-corrected chi connectivity index (χ4v) is 2.32. The van der Waals surface area contributed by atoms with Gasteiger partial charge in [-0.3, -0.25) is 9.48 Å². The van der Waals surface area contributed by atoms with E-state index in [2.05, 4.69) is 10.4 Å². The number of benzene rings is 1. The summed E-state index contributed by atoms with van der Waals surface area (Å²) in [7, 11) is 0. The molecule has 1 heterocycles. The largest absolute Gasteiger partial charge is 0.398 e. The number of nitrogens with one attached hydrogen (secondary N) is 1. The monoisotopic (exact) mass is 286 g/mol. The molecule has 0 aliphatic heterocycles. The summed E-state index contributed by atoms with van der Waals surface area (Å²) in [5.41, 5.74) is 10.1. The third-order valence-electron chi connectivity index (χ3n) is 3.39. The molecule has 5 heteroatoms. The zero-order chi connectivity index (χ0) is 15.4. The van der Waals surface area contributed by atoms with Crippen LogP contribution in [0.1, 0.15) is 33.7 Å². The van der Waals surface area contributed by atoms with Crippen molar-refractivity contribution in [3.05, 3.63) is 46.8 Å². The van der Waals surface area contributed by atoms with Gasteiger partial charge in [0.2, 0.25) is 0 Å². The first-order valence-corrected chi connectivity index (χ1v) is 7.13. The van der Waals surface area contributed by atoms with Crippen molar-refractivity contribution in [1.82, 2.24) is 15.1 Å². The Morgan fingerprint density at radius 1 is 1.29 bits per heavy atom. The Morgan fingerprint density at radius 3 is 2.67 bits per heavy atom. The molecule has 1 amide bonds. The number of nitrogens with zero attached hydrogens (tertiary/aromatic N) is 2. The molecule has 21 heavy (non-hydrogen) atoms. The lowest BCUT2D eigenvalue weighted by atomic mass is 10.1. The Hall–Kier alpha value is -2.30. The maximum absolute atomic E-state index is 12.0. The average Bonchev–Trinajstić information content (AvgIpc) is 2.73. The van der Waals surface area contributed by atoms with Gasteiger partial charge in [-0.1, -0.05) is 6.07 Å². The fourth-order valence-electron chi connectivity index (χ4n) is 2.32.